The summed E-state index contributed by atoms with van der Waals surface area (Å²) in [6, 6.07) is 1.38. The van der Waals surface area contributed by atoms with E-state index in [1.807, 2.05) is 0 Å². The Hall–Kier alpha value is -0.590. The standard InChI is InChI=1S/C18H31N5S/c1-18(2)7-3-8-22(18)12-15-13-23(20-19-15)16-4-9-21(10-5-16)17-6-11-24-14-17/h13,16-17H,3-12,14H2,1-2H3/t17-/m1/s1. The maximum absolute atomic E-state index is 4.47. The van der Waals surface area contributed by atoms with Gasteiger partial charge >= 0.3 is 0 Å². The maximum Gasteiger partial charge on any atom is 0.0967 e. The van der Waals surface area contributed by atoms with Gasteiger partial charge in [0.15, 0.2) is 0 Å². The second-order valence-corrected chi connectivity index (χ2v) is 9.46. The van der Waals surface area contributed by atoms with Crippen LogP contribution < -0.4 is 0 Å². The molecule has 1 aromatic rings. The van der Waals surface area contributed by atoms with Crippen LogP contribution in [0.1, 0.15) is 57.7 Å². The number of piperidine rings is 1. The van der Waals surface area contributed by atoms with E-state index in [9.17, 15) is 0 Å². The third kappa shape index (κ3) is 3.51. The molecule has 1 atom stereocenters. The molecule has 1 aromatic heterocycles. The van der Waals surface area contributed by atoms with E-state index < -0.39 is 0 Å². The molecule has 3 saturated heterocycles. The molecule has 0 unspecified atom stereocenters. The zero-order valence-corrected chi connectivity index (χ0v) is 16.0. The first-order chi connectivity index (χ1) is 11.6. The molecule has 24 heavy (non-hydrogen) atoms. The Morgan fingerprint density at radius 1 is 1.17 bits per heavy atom. The Bertz CT molecular complexity index is 543. The summed E-state index contributed by atoms with van der Waals surface area (Å²) in [5.41, 5.74) is 1.45. The minimum atomic E-state index is 0.314. The van der Waals surface area contributed by atoms with Gasteiger partial charge in [0.1, 0.15) is 0 Å². The van der Waals surface area contributed by atoms with E-state index in [1.165, 1.54) is 63.2 Å². The van der Waals surface area contributed by atoms with Crippen molar-refractivity contribution in [2.24, 2.45) is 0 Å². The zero-order valence-electron chi connectivity index (χ0n) is 15.2. The van der Waals surface area contributed by atoms with Gasteiger partial charge in [-0.15, -0.1) is 5.10 Å². The van der Waals surface area contributed by atoms with E-state index in [0.29, 0.717) is 11.6 Å². The van der Waals surface area contributed by atoms with Crippen LogP contribution in [0.25, 0.3) is 0 Å². The Morgan fingerprint density at radius 3 is 2.67 bits per heavy atom. The van der Waals surface area contributed by atoms with Crippen molar-refractivity contribution in [3.8, 4) is 0 Å². The number of aromatic nitrogens is 3. The molecule has 0 aliphatic carbocycles. The third-order valence-electron chi connectivity index (χ3n) is 6.28. The maximum atomic E-state index is 4.47. The Labute approximate surface area is 150 Å². The molecule has 0 amide bonds. The van der Waals surface area contributed by atoms with Crippen molar-refractivity contribution in [2.75, 3.05) is 31.1 Å². The fraction of sp³-hybridized carbons (Fsp3) is 0.889. The number of thioether (sulfide) groups is 1. The first kappa shape index (κ1) is 16.9. The van der Waals surface area contributed by atoms with Crippen LogP contribution in [0.2, 0.25) is 0 Å². The highest BCUT2D eigenvalue weighted by molar-refractivity contribution is 7.99. The normalized spacial score (nSPS) is 29.5. The molecule has 6 heteroatoms. The van der Waals surface area contributed by atoms with Gasteiger partial charge in [0, 0.05) is 37.0 Å². The van der Waals surface area contributed by atoms with Crippen LogP contribution in [-0.2, 0) is 6.54 Å². The van der Waals surface area contributed by atoms with Crippen LogP contribution in [0.15, 0.2) is 6.20 Å². The first-order valence-electron chi connectivity index (χ1n) is 9.59. The Morgan fingerprint density at radius 2 is 2.00 bits per heavy atom. The third-order valence-corrected chi connectivity index (χ3v) is 7.42. The molecule has 0 radical (unpaired) electrons. The van der Waals surface area contributed by atoms with Crippen LogP contribution in [0.5, 0.6) is 0 Å². The summed E-state index contributed by atoms with van der Waals surface area (Å²) >= 11 is 2.12. The molecule has 5 nitrogen and oxygen atoms in total. The minimum absolute atomic E-state index is 0.314. The summed E-state index contributed by atoms with van der Waals surface area (Å²) in [6.45, 7) is 9.29. The number of hydrogen-bond donors (Lipinski definition) is 0. The lowest BCUT2D eigenvalue weighted by Gasteiger charge is -2.35. The highest BCUT2D eigenvalue weighted by Crippen LogP contribution is 2.31. The fourth-order valence-corrected chi connectivity index (χ4v) is 5.80. The van der Waals surface area contributed by atoms with E-state index in [1.54, 1.807) is 0 Å². The van der Waals surface area contributed by atoms with Crippen molar-refractivity contribution in [2.45, 2.75) is 70.1 Å². The van der Waals surface area contributed by atoms with Crippen molar-refractivity contribution in [3.05, 3.63) is 11.9 Å². The van der Waals surface area contributed by atoms with Crippen LogP contribution in [-0.4, -0.2) is 67.5 Å². The summed E-state index contributed by atoms with van der Waals surface area (Å²) in [6.07, 6.45) is 8.63. The lowest BCUT2D eigenvalue weighted by atomic mass is 10.0. The molecule has 4 rings (SSSR count). The zero-order chi connectivity index (χ0) is 16.6. The lowest BCUT2D eigenvalue weighted by Crippen LogP contribution is -2.42. The van der Waals surface area contributed by atoms with Gasteiger partial charge < -0.3 is 0 Å². The highest BCUT2D eigenvalue weighted by Gasteiger charge is 2.32. The van der Waals surface area contributed by atoms with Gasteiger partial charge in [-0.3, -0.25) is 9.80 Å². The summed E-state index contributed by atoms with van der Waals surface area (Å²) in [4.78, 5) is 5.27. The van der Waals surface area contributed by atoms with Gasteiger partial charge in [-0.2, -0.15) is 11.8 Å². The quantitative estimate of drug-likeness (QED) is 0.835. The smallest absolute Gasteiger partial charge is 0.0967 e. The predicted octanol–water partition coefficient (Wildman–Crippen LogP) is 2.79. The number of nitrogens with zero attached hydrogens (tertiary/aromatic N) is 5. The van der Waals surface area contributed by atoms with Gasteiger partial charge in [0.25, 0.3) is 0 Å². The van der Waals surface area contributed by atoms with Crippen molar-refractivity contribution >= 4 is 11.8 Å². The summed E-state index contributed by atoms with van der Waals surface area (Å²) in [5, 5.41) is 8.94. The summed E-state index contributed by atoms with van der Waals surface area (Å²) < 4.78 is 2.15. The van der Waals surface area contributed by atoms with E-state index in [4.69, 9.17) is 0 Å². The fourth-order valence-electron chi connectivity index (χ4n) is 4.54. The molecule has 4 heterocycles. The average molecular weight is 350 g/mol. The highest BCUT2D eigenvalue weighted by atomic mass is 32.2. The number of likely N-dealkylation sites (tertiary alicyclic amines) is 2. The molecule has 0 saturated carbocycles. The van der Waals surface area contributed by atoms with E-state index in [2.05, 4.69) is 56.6 Å². The SMILES string of the molecule is CC1(C)CCCN1Cc1cn(C2CCN([C@@H]3CCSC3)CC2)nn1. The molecule has 0 N–H and O–H groups in total. The van der Waals surface area contributed by atoms with Crippen LogP contribution in [0.4, 0.5) is 0 Å². The Kier molecular flexibility index (Phi) is 4.89. The molecule has 0 aromatic carbocycles. The van der Waals surface area contributed by atoms with Crippen molar-refractivity contribution in [1.82, 2.24) is 24.8 Å². The van der Waals surface area contributed by atoms with E-state index >= 15 is 0 Å². The predicted molar refractivity (Wildman–Crippen MR) is 99.3 cm³/mol. The number of hydrogen-bond acceptors (Lipinski definition) is 5. The molecule has 0 bridgehead atoms. The molecule has 3 fully saturated rings. The van der Waals surface area contributed by atoms with E-state index in [-0.39, 0.29) is 0 Å². The molecule has 3 aliphatic rings. The molecule has 134 valence electrons. The first-order valence-corrected chi connectivity index (χ1v) is 10.7. The van der Waals surface area contributed by atoms with E-state index in [0.717, 1.165) is 18.3 Å². The van der Waals surface area contributed by atoms with Gasteiger partial charge in [-0.1, -0.05) is 5.21 Å². The largest absolute Gasteiger partial charge is 0.299 e. The van der Waals surface area contributed by atoms with Crippen molar-refractivity contribution in [3.63, 3.8) is 0 Å². The summed E-state index contributed by atoms with van der Waals surface area (Å²) in [7, 11) is 0. The number of rotatable bonds is 4. The topological polar surface area (TPSA) is 37.2 Å². The van der Waals surface area contributed by atoms with Crippen molar-refractivity contribution in [1.29, 1.82) is 0 Å². The second-order valence-electron chi connectivity index (χ2n) is 8.31. The van der Waals surface area contributed by atoms with Gasteiger partial charge in [-0.05, 0) is 58.2 Å². The van der Waals surface area contributed by atoms with Crippen LogP contribution >= 0.6 is 11.8 Å². The lowest BCUT2D eigenvalue weighted by molar-refractivity contribution is 0.140. The molecular weight excluding hydrogens is 318 g/mol. The van der Waals surface area contributed by atoms with Crippen molar-refractivity contribution < 1.29 is 0 Å². The molecular formula is C18H31N5S. The summed E-state index contributed by atoms with van der Waals surface area (Å²) in [5.74, 6) is 2.69. The van der Waals surface area contributed by atoms with Crippen LogP contribution in [0.3, 0.4) is 0 Å². The van der Waals surface area contributed by atoms with Gasteiger partial charge in [0.05, 0.1) is 17.9 Å². The minimum Gasteiger partial charge on any atom is -0.299 e. The Balaban J connectivity index is 1.32. The molecule has 0 spiro atoms. The molecule has 3 aliphatic heterocycles. The van der Waals surface area contributed by atoms with Gasteiger partial charge in [0.2, 0.25) is 0 Å². The van der Waals surface area contributed by atoms with Gasteiger partial charge in [-0.25, -0.2) is 4.68 Å². The second kappa shape index (κ2) is 6.96. The monoisotopic (exact) mass is 349 g/mol. The average Bonchev–Trinajstić information content (AvgIpc) is 3.31. The van der Waals surface area contributed by atoms with Crippen LogP contribution in [0, 0.1) is 0 Å².